The third-order valence-corrected chi connectivity index (χ3v) is 4.45. The first-order valence-electron chi connectivity index (χ1n) is 6.77. The van der Waals surface area contributed by atoms with E-state index in [9.17, 15) is 9.59 Å². The van der Waals surface area contributed by atoms with Gasteiger partial charge in [0.05, 0.1) is 6.61 Å². The molecule has 3 rings (SSSR count). The van der Waals surface area contributed by atoms with Crippen LogP contribution in [-0.2, 0) is 0 Å². The minimum absolute atomic E-state index is 0.0808. The Bertz CT molecular complexity index is 711. The van der Waals surface area contributed by atoms with Gasteiger partial charge in [-0.25, -0.2) is 0 Å². The molecule has 1 aromatic rings. The van der Waals surface area contributed by atoms with E-state index >= 15 is 0 Å². The van der Waals surface area contributed by atoms with Gasteiger partial charge in [-0.15, -0.1) is 11.8 Å². The van der Waals surface area contributed by atoms with Gasteiger partial charge in [0, 0.05) is 32.9 Å². The zero-order valence-corrected chi connectivity index (χ0v) is 12.2. The number of carbonyl (C=O) groups excluding carboxylic acids is 2. The summed E-state index contributed by atoms with van der Waals surface area (Å²) in [7, 11) is 0. The van der Waals surface area contributed by atoms with Crippen molar-refractivity contribution in [2.24, 2.45) is 0 Å². The molecule has 0 bridgehead atoms. The molecule has 2 aliphatic carbocycles. The third-order valence-electron chi connectivity index (χ3n) is 3.48. The van der Waals surface area contributed by atoms with Gasteiger partial charge < -0.3 is 5.11 Å². The van der Waals surface area contributed by atoms with Crippen LogP contribution in [0.25, 0.3) is 0 Å². The lowest BCUT2D eigenvalue weighted by Crippen LogP contribution is -2.22. The molecular formula is C17H14O3S. The van der Waals surface area contributed by atoms with Crippen molar-refractivity contribution in [2.75, 3.05) is 12.4 Å². The minimum atomic E-state index is -0.103. The lowest BCUT2D eigenvalue weighted by atomic mass is 9.82. The second kappa shape index (κ2) is 5.84. The lowest BCUT2D eigenvalue weighted by Gasteiger charge is -2.19. The van der Waals surface area contributed by atoms with Gasteiger partial charge in [-0.2, -0.15) is 0 Å². The first-order chi connectivity index (χ1) is 10.2. The number of hydrogen-bond acceptors (Lipinski definition) is 4. The van der Waals surface area contributed by atoms with Crippen molar-refractivity contribution in [1.82, 2.24) is 0 Å². The molecule has 0 saturated heterocycles. The average Bonchev–Trinajstić information content (AvgIpc) is 2.76. The summed E-state index contributed by atoms with van der Waals surface area (Å²) in [5.74, 6) is 0.379. The van der Waals surface area contributed by atoms with Crippen LogP contribution in [0.3, 0.4) is 0 Å². The second-order valence-corrected chi connectivity index (χ2v) is 5.97. The number of hydrogen-bond donors (Lipinski definition) is 1. The van der Waals surface area contributed by atoms with Crippen LogP contribution >= 0.6 is 11.8 Å². The van der Waals surface area contributed by atoms with E-state index in [1.807, 2.05) is 24.3 Å². The predicted octanol–water partition coefficient (Wildman–Crippen LogP) is 2.96. The quantitative estimate of drug-likeness (QED) is 0.872. The SMILES string of the molecule is O=C1C2=CCC=CC=C2C(=O)c2cc(SCCO)ccc21. The molecular weight excluding hydrogens is 284 g/mol. The summed E-state index contributed by atoms with van der Waals surface area (Å²) in [6.45, 7) is 0.0808. The number of aliphatic hydroxyl groups excluding tert-OH is 1. The highest BCUT2D eigenvalue weighted by Gasteiger charge is 2.32. The molecule has 0 saturated carbocycles. The Labute approximate surface area is 127 Å². The van der Waals surface area contributed by atoms with Gasteiger partial charge in [0.15, 0.2) is 11.6 Å². The monoisotopic (exact) mass is 298 g/mol. The predicted molar refractivity (Wildman–Crippen MR) is 82.8 cm³/mol. The Morgan fingerprint density at radius 1 is 1.10 bits per heavy atom. The highest BCUT2D eigenvalue weighted by atomic mass is 32.2. The van der Waals surface area contributed by atoms with Crippen molar-refractivity contribution < 1.29 is 14.7 Å². The van der Waals surface area contributed by atoms with Crippen LogP contribution in [-0.4, -0.2) is 29.0 Å². The maximum atomic E-state index is 12.6. The van der Waals surface area contributed by atoms with Crippen molar-refractivity contribution in [3.05, 3.63) is 64.8 Å². The van der Waals surface area contributed by atoms with Crippen molar-refractivity contribution in [3.8, 4) is 0 Å². The molecule has 0 unspecified atom stereocenters. The summed E-state index contributed by atoms with van der Waals surface area (Å²) in [6, 6.07) is 5.29. The number of Topliss-reactive ketones (excluding diaryl/α,β-unsaturated/α-hetero) is 2. The average molecular weight is 298 g/mol. The fraction of sp³-hybridized carbons (Fsp3) is 0.176. The first-order valence-corrected chi connectivity index (χ1v) is 7.75. The van der Waals surface area contributed by atoms with Gasteiger partial charge in [-0.3, -0.25) is 9.59 Å². The first kappa shape index (κ1) is 14.0. The number of benzene rings is 1. The Kier molecular flexibility index (Phi) is 3.90. The lowest BCUT2D eigenvalue weighted by molar-refractivity contribution is 0.0972. The van der Waals surface area contributed by atoms with E-state index < -0.39 is 0 Å². The van der Waals surface area contributed by atoms with Gasteiger partial charge >= 0.3 is 0 Å². The summed E-state index contributed by atoms with van der Waals surface area (Å²) >= 11 is 1.47. The van der Waals surface area contributed by atoms with E-state index in [0.717, 1.165) is 4.90 Å². The molecule has 0 fully saturated rings. The van der Waals surface area contributed by atoms with Crippen LogP contribution in [0, 0.1) is 0 Å². The molecule has 1 N–H and O–H groups in total. The molecule has 0 amide bonds. The smallest absolute Gasteiger partial charge is 0.194 e. The number of ketones is 2. The fourth-order valence-corrected chi connectivity index (χ4v) is 3.19. The minimum Gasteiger partial charge on any atom is -0.396 e. The van der Waals surface area contributed by atoms with E-state index in [4.69, 9.17) is 5.11 Å². The maximum absolute atomic E-state index is 12.6. The number of carbonyl (C=O) groups is 2. The topological polar surface area (TPSA) is 54.4 Å². The summed E-state index contributed by atoms with van der Waals surface area (Å²) in [5, 5.41) is 8.88. The van der Waals surface area contributed by atoms with E-state index in [0.29, 0.717) is 34.4 Å². The summed E-state index contributed by atoms with van der Waals surface area (Å²) in [4.78, 5) is 26.1. The molecule has 0 spiro atoms. The molecule has 3 nitrogen and oxygen atoms in total. The van der Waals surface area contributed by atoms with Gasteiger partial charge in [0.1, 0.15) is 0 Å². The highest BCUT2D eigenvalue weighted by Crippen LogP contribution is 2.33. The molecule has 0 radical (unpaired) electrons. The van der Waals surface area contributed by atoms with Gasteiger partial charge in [0.25, 0.3) is 0 Å². The Hall–Kier alpha value is -1.91. The van der Waals surface area contributed by atoms with Gasteiger partial charge in [-0.1, -0.05) is 24.3 Å². The van der Waals surface area contributed by atoms with Crippen LogP contribution in [0.2, 0.25) is 0 Å². The van der Waals surface area contributed by atoms with Crippen molar-refractivity contribution in [2.45, 2.75) is 11.3 Å². The highest BCUT2D eigenvalue weighted by molar-refractivity contribution is 7.99. The largest absolute Gasteiger partial charge is 0.396 e. The van der Waals surface area contributed by atoms with Crippen molar-refractivity contribution >= 4 is 23.3 Å². The van der Waals surface area contributed by atoms with Crippen LogP contribution in [0.4, 0.5) is 0 Å². The Morgan fingerprint density at radius 2 is 1.90 bits per heavy atom. The molecule has 0 atom stereocenters. The number of thioether (sulfide) groups is 1. The Morgan fingerprint density at radius 3 is 2.71 bits per heavy atom. The maximum Gasteiger partial charge on any atom is 0.194 e. The standard InChI is InChI=1S/C17H14O3S/c18-8-9-21-11-6-7-14-15(10-11)17(20)13-5-3-1-2-4-12(13)16(14)19/h1,3-7,10,18H,2,8-9H2. The van der Waals surface area contributed by atoms with E-state index in [-0.39, 0.29) is 18.2 Å². The van der Waals surface area contributed by atoms with E-state index in [1.54, 1.807) is 18.2 Å². The summed E-state index contributed by atoms with van der Waals surface area (Å²) in [5.41, 5.74) is 1.92. The molecule has 1 aromatic carbocycles. The van der Waals surface area contributed by atoms with Gasteiger partial charge in [0.2, 0.25) is 0 Å². The molecule has 21 heavy (non-hydrogen) atoms. The van der Waals surface area contributed by atoms with Crippen LogP contribution in [0.1, 0.15) is 27.1 Å². The Balaban J connectivity index is 2.08. The van der Waals surface area contributed by atoms with E-state index in [1.165, 1.54) is 11.8 Å². The van der Waals surface area contributed by atoms with Crippen LogP contribution in [0.5, 0.6) is 0 Å². The molecule has 0 aliphatic heterocycles. The molecule has 0 heterocycles. The van der Waals surface area contributed by atoms with Gasteiger partial charge in [-0.05, 0) is 24.6 Å². The fourth-order valence-electron chi connectivity index (χ4n) is 2.49. The zero-order chi connectivity index (χ0) is 14.8. The third kappa shape index (κ3) is 2.52. The molecule has 0 aromatic heterocycles. The molecule has 4 heteroatoms. The van der Waals surface area contributed by atoms with Crippen LogP contribution < -0.4 is 0 Å². The van der Waals surface area contributed by atoms with Crippen molar-refractivity contribution in [1.29, 1.82) is 0 Å². The summed E-state index contributed by atoms with van der Waals surface area (Å²) < 4.78 is 0. The summed E-state index contributed by atoms with van der Waals surface area (Å²) in [6.07, 6.45) is 7.93. The van der Waals surface area contributed by atoms with E-state index in [2.05, 4.69) is 0 Å². The zero-order valence-electron chi connectivity index (χ0n) is 11.3. The number of fused-ring (bicyclic) bond motifs is 2. The normalized spacial score (nSPS) is 16.8. The number of aliphatic hydroxyl groups is 1. The number of allylic oxidation sites excluding steroid dienone is 6. The van der Waals surface area contributed by atoms with Crippen molar-refractivity contribution in [3.63, 3.8) is 0 Å². The van der Waals surface area contributed by atoms with Crippen LogP contribution in [0.15, 0.2) is 58.5 Å². The molecule has 106 valence electrons. The number of rotatable bonds is 3. The second-order valence-electron chi connectivity index (χ2n) is 4.80. The molecule has 2 aliphatic rings.